The average Bonchev–Trinajstić information content (AvgIpc) is 3.22. The molecule has 0 amide bonds. The summed E-state index contributed by atoms with van der Waals surface area (Å²) in [7, 11) is 0. The van der Waals surface area contributed by atoms with E-state index in [-0.39, 0.29) is 17.8 Å². The molecule has 1 saturated carbocycles. The molecular formula is C23H26F3N5O2. The molecule has 3 aromatic heterocycles. The number of morpholine rings is 1. The molecule has 7 nitrogen and oxygen atoms in total. The van der Waals surface area contributed by atoms with E-state index >= 15 is 0 Å². The Balaban J connectivity index is 1.32. The van der Waals surface area contributed by atoms with Gasteiger partial charge < -0.3 is 14.4 Å². The van der Waals surface area contributed by atoms with Gasteiger partial charge in [-0.05, 0) is 44.7 Å². The zero-order chi connectivity index (χ0) is 23.0. The fourth-order valence-electron chi connectivity index (χ4n) is 4.71. The van der Waals surface area contributed by atoms with Crippen molar-refractivity contribution in [1.82, 2.24) is 19.7 Å². The first kappa shape index (κ1) is 21.9. The molecule has 0 bridgehead atoms. The number of rotatable bonds is 4. The molecule has 0 aromatic carbocycles. The van der Waals surface area contributed by atoms with Gasteiger partial charge in [0.15, 0.2) is 0 Å². The molecule has 0 atom stereocenters. The summed E-state index contributed by atoms with van der Waals surface area (Å²) in [4.78, 5) is 11.5. The van der Waals surface area contributed by atoms with Gasteiger partial charge in [0, 0.05) is 31.0 Å². The second kappa shape index (κ2) is 8.81. The largest absolute Gasteiger partial charge is 0.474 e. The SMILES string of the molecule is Cc1c(C(F)(F)F)cnn1C1CCC(Oc2nc(N3CCOCC3)cc3ncccc23)CC1. The van der Waals surface area contributed by atoms with E-state index in [4.69, 9.17) is 14.5 Å². The molecule has 2 fully saturated rings. The number of alkyl halides is 3. The fourth-order valence-corrected chi connectivity index (χ4v) is 4.71. The predicted octanol–water partition coefficient (Wildman–Crippen LogP) is 4.55. The summed E-state index contributed by atoms with van der Waals surface area (Å²) < 4.78 is 52.7. The summed E-state index contributed by atoms with van der Waals surface area (Å²) in [6.45, 7) is 4.33. The lowest BCUT2D eigenvalue weighted by atomic mass is 9.93. The van der Waals surface area contributed by atoms with Crippen LogP contribution in [0.15, 0.2) is 30.6 Å². The number of hydrogen-bond acceptors (Lipinski definition) is 6. The Bertz CT molecular complexity index is 1120. The van der Waals surface area contributed by atoms with E-state index in [9.17, 15) is 13.2 Å². The minimum atomic E-state index is -4.38. The molecule has 4 heterocycles. The first-order valence-electron chi connectivity index (χ1n) is 11.3. The summed E-state index contributed by atoms with van der Waals surface area (Å²) in [5.74, 6) is 1.38. The van der Waals surface area contributed by atoms with Crippen LogP contribution in [0.4, 0.5) is 19.0 Å². The Kier molecular flexibility index (Phi) is 5.86. The molecule has 33 heavy (non-hydrogen) atoms. The third kappa shape index (κ3) is 4.48. The van der Waals surface area contributed by atoms with Gasteiger partial charge in [0.25, 0.3) is 0 Å². The molecule has 176 valence electrons. The summed E-state index contributed by atoms with van der Waals surface area (Å²) in [6.07, 6.45) is 1.07. The maximum Gasteiger partial charge on any atom is 0.419 e. The average molecular weight is 461 g/mol. The number of hydrogen-bond donors (Lipinski definition) is 0. The van der Waals surface area contributed by atoms with Crippen LogP contribution < -0.4 is 9.64 Å². The van der Waals surface area contributed by atoms with E-state index in [0.717, 1.165) is 48.8 Å². The van der Waals surface area contributed by atoms with Crippen molar-refractivity contribution in [3.63, 3.8) is 0 Å². The number of ether oxygens (including phenoxy) is 2. The van der Waals surface area contributed by atoms with Crippen LogP contribution in [0.1, 0.15) is 43.0 Å². The van der Waals surface area contributed by atoms with Crippen molar-refractivity contribution in [1.29, 1.82) is 0 Å². The van der Waals surface area contributed by atoms with Crippen LogP contribution in [-0.2, 0) is 10.9 Å². The summed E-state index contributed by atoms with van der Waals surface area (Å²) in [5, 5.41) is 4.89. The predicted molar refractivity (Wildman–Crippen MR) is 116 cm³/mol. The summed E-state index contributed by atoms with van der Waals surface area (Å²) >= 11 is 0. The van der Waals surface area contributed by atoms with Gasteiger partial charge >= 0.3 is 6.18 Å². The maximum absolute atomic E-state index is 13.1. The van der Waals surface area contributed by atoms with Gasteiger partial charge in [-0.2, -0.15) is 23.3 Å². The Morgan fingerprint density at radius 2 is 1.88 bits per heavy atom. The molecule has 0 spiro atoms. The molecule has 1 saturated heterocycles. The van der Waals surface area contributed by atoms with Crippen molar-refractivity contribution in [2.24, 2.45) is 0 Å². The minimum Gasteiger partial charge on any atom is -0.474 e. The number of halogens is 3. The molecule has 1 aliphatic heterocycles. The lowest BCUT2D eigenvalue weighted by Gasteiger charge is -2.31. The van der Waals surface area contributed by atoms with Crippen molar-refractivity contribution >= 4 is 16.7 Å². The molecule has 10 heteroatoms. The number of nitrogens with zero attached hydrogens (tertiary/aromatic N) is 5. The lowest BCUT2D eigenvalue weighted by molar-refractivity contribution is -0.138. The molecule has 3 aromatic rings. The van der Waals surface area contributed by atoms with Crippen LogP contribution in [0, 0.1) is 6.92 Å². The van der Waals surface area contributed by atoms with Crippen LogP contribution >= 0.6 is 0 Å². The molecular weight excluding hydrogens is 435 g/mol. The minimum absolute atomic E-state index is 0.0601. The third-order valence-corrected chi connectivity index (χ3v) is 6.50. The number of anilines is 1. The third-order valence-electron chi connectivity index (χ3n) is 6.50. The molecule has 0 radical (unpaired) electrons. The highest BCUT2D eigenvalue weighted by Crippen LogP contribution is 2.37. The zero-order valence-electron chi connectivity index (χ0n) is 18.4. The van der Waals surface area contributed by atoms with Crippen molar-refractivity contribution in [2.75, 3.05) is 31.2 Å². The molecule has 0 N–H and O–H groups in total. The first-order chi connectivity index (χ1) is 15.9. The highest BCUT2D eigenvalue weighted by atomic mass is 19.4. The smallest absolute Gasteiger partial charge is 0.419 e. The van der Waals surface area contributed by atoms with Crippen molar-refractivity contribution in [2.45, 2.75) is 50.9 Å². The van der Waals surface area contributed by atoms with E-state index in [0.29, 0.717) is 31.9 Å². The van der Waals surface area contributed by atoms with Crippen LogP contribution in [0.25, 0.3) is 10.9 Å². The van der Waals surface area contributed by atoms with Crippen LogP contribution in [0.2, 0.25) is 0 Å². The van der Waals surface area contributed by atoms with E-state index in [1.165, 1.54) is 11.6 Å². The van der Waals surface area contributed by atoms with Gasteiger partial charge in [-0.3, -0.25) is 9.67 Å². The topological polar surface area (TPSA) is 65.3 Å². The molecule has 0 unspecified atom stereocenters. The first-order valence-corrected chi connectivity index (χ1v) is 11.3. The van der Waals surface area contributed by atoms with Gasteiger partial charge in [0.1, 0.15) is 11.9 Å². The van der Waals surface area contributed by atoms with Crippen LogP contribution in [-0.4, -0.2) is 52.2 Å². The quantitative estimate of drug-likeness (QED) is 0.568. The van der Waals surface area contributed by atoms with Crippen molar-refractivity contribution in [3.05, 3.63) is 41.9 Å². The lowest BCUT2D eigenvalue weighted by Crippen LogP contribution is -2.36. The zero-order valence-corrected chi connectivity index (χ0v) is 18.4. The second-order valence-electron chi connectivity index (χ2n) is 8.59. The second-order valence-corrected chi connectivity index (χ2v) is 8.59. The van der Waals surface area contributed by atoms with Gasteiger partial charge in [0.2, 0.25) is 5.88 Å². The highest BCUT2D eigenvalue weighted by Gasteiger charge is 2.36. The van der Waals surface area contributed by atoms with Gasteiger partial charge in [0.05, 0.1) is 41.9 Å². The molecule has 5 rings (SSSR count). The normalized spacial score (nSPS) is 22.0. The number of fused-ring (bicyclic) bond motifs is 1. The van der Waals surface area contributed by atoms with Gasteiger partial charge in [-0.15, -0.1) is 0 Å². The van der Waals surface area contributed by atoms with Crippen LogP contribution in [0.5, 0.6) is 5.88 Å². The maximum atomic E-state index is 13.1. The van der Waals surface area contributed by atoms with Gasteiger partial charge in [-0.25, -0.2) is 0 Å². The Morgan fingerprint density at radius 3 is 2.58 bits per heavy atom. The Morgan fingerprint density at radius 1 is 1.12 bits per heavy atom. The highest BCUT2D eigenvalue weighted by molar-refractivity contribution is 5.85. The van der Waals surface area contributed by atoms with E-state index in [2.05, 4.69) is 15.0 Å². The Labute approximate surface area is 189 Å². The number of pyridine rings is 2. The molecule has 1 aliphatic carbocycles. The van der Waals surface area contributed by atoms with E-state index in [1.54, 1.807) is 6.20 Å². The monoisotopic (exact) mass is 461 g/mol. The fraction of sp³-hybridized carbons (Fsp3) is 0.522. The molecule has 2 aliphatic rings. The van der Waals surface area contributed by atoms with E-state index in [1.807, 2.05) is 18.2 Å². The Hall–Kier alpha value is -2.88. The summed E-state index contributed by atoms with van der Waals surface area (Å²) in [5.41, 5.74) is 0.331. The van der Waals surface area contributed by atoms with Crippen molar-refractivity contribution < 1.29 is 22.6 Å². The summed E-state index contributed by atoms with van der Waals surface area (Å²) in [6, 6.07) is 5.72. The van der Waals surface area contributed by atoms with Crippen molar-refractivity contribution in [3.8, 4) is 5.88 Å². The number of aromatic nitrogens is 4. The van der Waals surface area contributed by atoms with E-state index < -0.39 is 11.7 Å². The van der Waals surface area contributed by atoms with Crippen LogP contribution in [0.3, 0.4) is 0 Å². The van der Waals surface area contributed by atoms with Gasteiger partial charge in [-0.1, -0.05) is 0 Å². The standard InChI is InChI=1S/C23H26F3N5O2/c1-15-19(23(24,25)26)14-28-31(15)16-4-6-17(7-5-16)33-22-18-3-2-8-27-20(18)13-21(29-22)30-9-11-32-12-10-30/h2-3,8,13-14,16-17H,4-7,9-12H2,1H3.